The van der Waals surface area contributed by atoms with Crippen LogP contribution in [0.15, 0.2) is 0 Å². The smallest absolute Gasteiger partial charge is 0.240 e. The van der Waals surface area contributed by atoms with Gasteiger partial charge in [0, 0.05) is 19.1 Å². The molecule has 1 atom stereocenters. The third-order valence-electron chi connectivity index (χ3n) is 3.79. The highest BCUT2D eigenvalue weighted by molar-refractivity contribution is 5.87. The molecule has 1 unspecified atom stereocenters. The summed E-state index contributed by atoms with van der Waals surface area (Å²) < 4.78 is 0. The molecule has 0 aromatic carbocycles. The lowest BCUT2D eigenvalue weighted by molar-refractivity contribution is -0.129. The van der Waals surface area contributed by atoms with Crippen LogP contribution >= 0.6 is 24.8 Å². The number of carbonyl (C=O) groups excluding carboxylic acids is 1. The van der Waals surface area contributed by atoms with Crippen LogP contribution in [0, 0.1) is 0 Å². The average Bonchev–Trinajstić information content (AvgIpc) is 2.24. The van der Waals surface area contributed by atoms with E-state index >= 15 is 0 Å². The number of hydrogen-bond donors (Lipinski definition) is 2. The summed E-state index contributed by atoms with van der Waals surface area (Å²) in [7, 11) is 2.09. The first-order chi connectivity index (χ1) is 7.49. The zero-order valence-corrected chi connectivity index (χ0v) is 13.2. The van der Waals surface area contributed by atoms with Crippen LogP contribution < -0.4 is 11.1 Å². The molecule has 0 radical (unpaired) electrons. The topological polar surface area (TPSA) is 58.4 Å². The molecule has 6 heteroatoms. The van der Waals surface area contributed by atoms with E-state index in [1.54, 1.807) is 0 Å². The molecule has 1 aliphatic carbocycles. The van der Waals surface area contributed by atoms with Crippen molar-refractivity contribution in [3.63, 3.8) is 0 Å². The summed E-state index contributed by atoms with van der Waals surface area (Å²) in [4.78, 5) is 14.0. The van der Waals surface area contributed by atoms with Crippen LogP contribution in [0.1, 0.15) is 39.5 Å². The molecule has 0 saturated heterocycles. The van der Waals surface area contributed by atoms with Gasteiger partial charge in [-0.3, -0.25) is 4.79 Å². The van der Waals surface area contributed by atoms with E-state index in [0.29, 0.717) is 12.6 Å². The molecule has 1 fully saturated rings. The Morgan fingerprint density at radius 2 is 2.00 bits per heavy atom. The number of nitrogens with two attached hydrogens (primary N) is 1. The molecule has 4 nitrogen and oxygen atoms in total. The van der Waals surface area contributed by atoms with E-state index in [4.69, 9.17) is 5.73 Å². The van der Waals surface area contributed by atoms with Crippen LogP contribution in [0.5, 0.6) is 0 Å². The van der Waals surface area contributed by atoms with Crippen molar-refractivity contribution in [2.24, 2.45) is 5.73 Å². The Kier molecular flexibility index (Phi) is 10.1. The highest BCUT2D eigenvalue weighted by Crippen LogP contribution is 2.28. The molecule has 0 aromatic rings. The lowest BCUT2D eigenvalue weighted by Crippen LogP contribution is -2.59. The van der Waals surface area contributed by atoms with Gasteiger partial charge in [-0.2, -0.15) is 0 Å². The Hall–Kier alpha value is -0.0300. The second-order valence-electron chi connectivity index (χ2n) is 5.00. The normalized spacial score (nSPS) is 18.1. The number of rotatable bonds is 6. The number of likely N-dealkylation sites (N-methyl/N-ethyl adjacent to an activating group) is 1. The molecular formula is C12H27Cl2N3O. The van der Waals surface area contributed by atoms with Gasteiger partial charge in [0.1, 0.15) is 0 Å². The van der Waals surface area contributed by atoms with E-state index in [2.05, 4.69) is 31.1 Å². The van der Waals surface area contributed by atoms with Gasteiger partial charge >= 0.3 is 0 Å². The minimum absolute atomic E-state index is 0. The molecule has 18 heavy (non-hydrogen) atoms. The molecule has 1 rings (SSSR count). The molecule has 110 valence electrons. The molecule has 1 saturated carbocycles. The van der Waals surface area contributed by atoms with Crippen LogP contribution in [-0.4, -0.2) is 42.5 Å². The standard InChI is InChI=1S/C12H25N3O.2ClH/c1-4-10(2)15(3)9-8-14-11(16)12(13)6-5-7-12;;/h10H,4-9,13H2,1-3H3,(H,14,16);2*1H. The zero-order chi connectivity index (χ0) is 12.2. The summed E-state index contributed by atoms with van der Waals surface area (Å²) in [5.41, 5.74) is 5.36. The van der Waals surface area contributed by atoms with E-state index in [1.807, 2.05) is 0 Å². The van der Waals surface area contributed by atoms with Crippen molar-refractivity contribution in [2.75, 3.05) is 20.1 Å². The maximum Gasteiger partial charge on any atom is 0.240 e. The summed E-state index contributed by atoms with van der Waals surface area (Å²) in [6.07, 6.45) is 3.88. The summed E-state index contributed by atoms with van der Waals surface area (Å²) >= 11 is 0. The zero-order valence-electron chi connectivity index (χ0n) is 11.6. The van der Waals surface area contributed by atoms with Gasteiger partial charge in [-0.1, -0.05) is 6.92 Å². The molecular weight excluding hydrogens is 273 g/mol. The quantitative estimate of drug-likeness (QED) is 0.782. The van der Waals surface area contributed by atoms with Crippen LogP contribution in [0.4, 0.5) is 0 Å². The van der Waals surface area contributed by atoms with Crippen molar-refractivity contribution >= 4 is 30.7 Å². The number of nitrogens with one attached hydrogen (secondary N) is 1. The number of amides is 1. The minimum atomic E-state index is -0.561. The average molecular weight is 300 g/mol. The molecule has 1 amide bonds. The van der Waals surface area contributed by atoms with Crippen molar-refractivity contribution < 1.29 is 4.79 Å². The van der Waals surface area contributed by atoms with Gasteiger partial charge in [0.25, 0.3) is 0 Å². The van der Waals surface area contributed by atoms with Crippen molar-refractivity contribution in [2.45, 2.75) is 51.1 Å². The van der Waals surface area contributed by atoms with E-state index in [-0.39, 0.29) is 30.7 Å². The number of nitrogens with zero attached hydrogens (tertiary/aromatic N) is 1. The van der Waals surface area contributed by atoms with Crippen molar-refractivity contribution in [1.29, 1.82) is 0 Å². The minimum Gasteiger partial charge on any atom is -0.353 e. The predicted octanol–water partition coefficient (Wildman–Crippen LogP) is 1.56. The first kappa shape index (κ1) is 20.3. The van der Waals surface area contributed by atoms with Gasteiger partial charge in [0.15, 0.2) is 0 Å². The second-order valence-corrected chi connectivity index (χ2v) is 5.00. The summed E-state index contributed by atoms with van der Waals surface area (Å²) in [6, 6.07) is 0.562. The Labute approximate surface area is 123 Å². The molecule has 0 heterocycles. The van der Waals surface area contributed by atoms with Gasteiger partial charge < -0.3 is 16.0 Å². The summed E-state index contributed by atoms with van der Waals surface area (Å²) in [6.45, 7) is 5.94. The third kappa shape index (κ3) is 5.31. The number of hydrogen-bond acceptors (Lipinski definition) is 3. The fraction of sp³-hybridized carbons (Fsp3) is 0.917. The van der Waals surface area contributed by atoms with Gasteiger partial charge in [0.05, 0.1) is 5.54 Å². The monoisotopic (exact) mass is 299 g/mol. The lowest BCUT2D eigenvalue weighted by atomic mass is 9.77. The van der Waals surface area contributed by atoms with E-state index in [1.165, 1.54) is 0 Å². The van der Waals surface area contributed by atoms with Crippen LogP contribution in [0.2, 0.25) is 0 Å². The van der Waals surface area contributed by atoms with E-state index in [9.17, 15) is 4.79 Å². The Bertz CT molecular complexity index is 247. The number of halogens is 2. The summed E-state index contributed by atoms with van der Waals surface area (Å²) in [5.74, 6) is 0.0244. The maximum absolute atomic E-state index is 11.7. The Balaban J connectivity index is 0. The highest BCUT2D eigenvalue weighted by atomic mass is 35.5. The van der Waals surface area contributed by atoms with Gasteiger partial charge in [-0.15, -0.1) is 24.8 Å². The molecule has 0 aromatic heterocycles. The maximum atomic E-state index is 11.7. The second kappa shape index (κ2) is 8.97. The van der Waals surface area contributed by atoms with Gasteiger partial charge in [-0.05, 0) is 39.7 Å². The van der Waals surface area contributed by atoms with Gasteiger partial charge in [-0.25, -0.2) is 0 Å². The fourth-order valence-electron chi connectivity index (χ4n) is 1.84. The predicted molar refractivity (Wildman–Crippen MR) is 80.7 cm³/mol. The first-order valence-corrected chi connectivity index (χ1v) is 6.27. The Morgan fingerprint density at radius 1 is 1.44 bits per heavy atom. The molecule has 1 aliphatic rings. The molecule has 0 aliphatic heterocycles. The highest BCUT2D eigenvalue weighted by Gasteiger charge is 2.39. The van der Waals surface area contributed by atoms with Crippen LogP contribution in [0.3, 0.4) is 0 Å². The van der Waals surface area contributed by atoms with Crippen LogP contribution in [0.25, 0.3) is 0 Å². The number of carbonyl (C=O) groups is 1. The molecule has 0 bridgehead atoms. The van der Waals surface area contributed by atoms with Crippen molar-refractivity contribution in [3.8, 4) is 0 Å². The van der Waals surface area contributed by atoms with Crippen LogP contribution in [-0.2, 0) is 4.79 Å². The summed E-state index contributed by atoms with van der Waals surface area (Å²) in [5, 5.41) is 2.93. The first-order valence-electron chi connectivity index (χ1n) is 6.27. The lowest BCUT2D eigenvalue weighted by Gasteiger charge is -2.36. The van der Waals surface area contributed by atoms with E-state index in [0.717, 1.165) is 32.2 Å². The largest absolute Gasteiger partial charge is 0.353 e. The SMILES string of the molecule is CCC(C)N(C)CCNC(=O)C1(N)CCC1.Cl.Cl. The third-order valence-corrected chi connectivity index (χ3v) is 3.79. The van der Waals surface area contributed by atoms with E-state index < -0.39 is 5.54 Å². The molecule has 3 N–H and O–H groups in total. The van der Waals surface area contributed by atoms with Crippen molar-refractivity contribution in [3.05, 3.63) is 0 Å². The molecule has 0 spiro atoms. The Morgan fingerprint density at radius 3 is 2.39 bits per heavy atom. The fourth-order valence-corrected chi connectivity index (χ4v) is 1.84. The van der Waals surface area contributed by atoms with Gasteiger partial charge in [0.2, 0.25) is 5.91 Å². The van der Waals surface area contributed by atoms with Crippen molar-refractivity contribution in [1.82, 2.24) is 10.2 Å².